The van der Waals surface area contributed by atoms with Crippen LogP contribution in [0.15, 0.2) is 71.9 Å². The van der Waals surface area contributed by atoms with E-state index in [0.717, 1.165) is 5.56 Å². The summed E-state index contributed by atoms with van der Waals surface area (Å²) in [5, 5.41) is 10.1. The van der Waals surface area contributed by atoms with Gasteiger partial charge in [-0.25, -0.2) is 0 Å². The van der Waals surface area contributed by atoms with Crippen molar-refractivity contribution < 1.29 is 13.0 Å². The summed E-state index contributed by atoms with van der Waals surface area (Å²) in [6, 6.07) is 15.8. The zero-order valence-electron chi connectivity index (χ0n) is 13.1. The fourth-order valence-electron chi connectivity index (χ4n) is 1.96. The van der Waals surface area contributed by atoms with Crippen molar-refractivity contribution >= 4 is 28.0 Å². The van der Waals surface area contributed by atoms with Crippen LogP contribution in [0.5, 0.6) is 0 Å². The normalized spacial score (nSPS) is 10.9. The van der Waals surface area contributed by atoms with Gasteiger partial charge in [0.2, 0.25) is 0 Å². The van der Waals surface area contributed by atoms with E-state index in [-0.39, 0.29) is 10.6 Å². The number of nitrogens with two attached hydrogens (primary N) is 1. The van der Waals surface area contributed by atoms with E-state index in [1.54, 1.807) is 42.7 Å². The summed E-state index contributed by atoms with van der Waals surface area (Å²) in [4.78, 5) is -0.262. The monoisotopic (exact) mass is 356 g/mol. The van der Waals surface area contributed by atoms with Crippen molar-refractivity contribution in [2.45, 2.75) is 4.90 Å². The van der Waals surface area contributed by atoms with E-state index in [9.17, 15) is 13.0 Å². The molecule has 7 nitrogen and oxygen atoms in total. The zero-order valence-corrected chi connectivity index (χ0v) is 13.9. The highest BCUT2D eigenvalue weighted by molar-refractivity contribution is 7.86. The van der Waals surface area contributed by atoms with Crippen molar-refractivity contribution in [1.29, 1.82) is 0 Å². The third kappa shape index (κ3) is 5.79. The number of benzene rings is 2. The summed E-state index contributed by atoms with van der Waals surface area (Å²) >= 11 is 0. The molecular formula is C17H16N4O3S. The minimum atomic E-state index is -4.34. The smallest absolute Gasteiger partial charge is 0.297 e. The fourth-order valence-corrected chi connectivity index (χ4v) is 2.76. The average Bonchev–Trinajstić information content (AvgIpc) is 2.62. The molecule has 0 amide bonds. The minimum absolute atomic E-state index is 0.0257. The fraction of sp³-hybridized carbons (Fsp3) is 0. The van der Waals surface area contributed by atoms with Gasteiger partial charge in [-0.05, 0) is 28.5 Å². The van der Waals surface area contributed by atoms with Crippen LogP contribution in [0.1, 0.15) is 11.1 Å². The molecule has 0 bridgehead atoms. The quantitative estimate of drug-likeness (QED) is 0.420. The van der Waals surface area contributed by atoms with Gasteiger partial charge in [-0.15, -0.1) is 10.2 Å². The largest absolute Gasteiger partial charge is 0.398 e. The van der Waals surface area contributed by atoms with Crippen LogP contribution in [0.25, 0.3) is 12.2 Å². The molecule has 0 unspecified atom stereocenters. The molecule has 0 radical (unpaired) electrons. The Labute approximate surface area is 145 Å². The maximum Gasteiger partial charge on any atom is 0.297 e. The topological polar surface area (TPSA) is 119 Å². The first-order chi connectivity index (χ1) is 12.0. The van der Waals surface area contributed by atoms with E-state index in [2.05, 4.69) is 15.4 Å². The van der Waals surface area contributed by atoms with Crippen molar-refractivity contribution in [2.24, 2.45) is 0 Å². The van der Waals surface area contributed by atoms with E-state index < -0.39 is 10.1 Å². The van der Waals surface area contributed by atoms with Crippen molar-refractivity contribution in [3.63, 3.8) is 0 Å². The van der Waals surface area contributed by atoms with Crippen LogP contribution in [0, 0.1) is 0 Å². The molecule has 0 saturated heterocycles. The Hall–Kier alpha value is -3.10. The van der Waals surface area contributed by atoms with Crippen molar-refractivity contribution in [3.8, 4) is 0 Å². The molecule has 0 aliphatic carbocycles. The van der Waals surface area contributed by atoms with Crippen LogP contribution < -0.4 is 5.73 Å². The molecule has 1 heterocycles. The second kappa shape index (κ2) is 8.67. The highest BCUT2D eigenvalue weighted by atomic mass is 32.2. The molecule has 0 aliphatic rings. The number of aromatic nitrogens is 3. The van der Waals surface area contributed by atoms with E-state index in [1.807, 2.05) is 30.3 Å². The van der Waals surface area contributed by atoms with E-state index >= 15 is 0 Å². The third-order valence-electron chi connectivity index (χ3n) is 3.00. The van der Waals surface area contributed by atoms with Gasteiger partial charge in [0, 0.05) is 0 Å². The summed E-state index contributed by atoms with van der Waals surface area (Å²) in [5.41, 5.74) is 6.90. The standard InChI is InChI=1S/C14H13NO3S.C3H3N3/c15-13-8-4-7-12(14(13)19(16,17)18)10-9-11-5-2-1-3-6-11;1-2-4-6-5-3-1/h1-10H,15H2,(H,16,17,18);1-3H. The minimum Gasteiger partial charge on any atom is -0.398 e. The van der Waals surface area contributed by atoms with Crippen molar-refractivity contribution in [2.75, 3.05) is 5.73 Å². The highest BCUT2D eigenvalue weighted by Crippen LogP contribution is 2.24. The molecule has 0 aliphatic heterocycles. The second-order valence-electron chi connectivity index (χ2n) is 4.80. The molecule has 3 aromatic rings. The molecule has 0 atom stereocenters. The molecule has 0 saturated carbocycles. The summed E-state index contributed by atoms with van der Waals surface area (Å²) < 4.78 is 31.9. The van der Waals surface area contributed by atoms with Gasteiger partial charge < -0.3 is 5.73 Å². The Morgan fingerprint density at radius 3 is 2.08 bits per heavy atom. The average molecular weight is 356 g/mol. The first kappa shape index (κ1) is 18.2. The summed E-state index contributed by atoms with van der Waals surface area (Å²) in [6.07, 6.45) is 6.51. The van der Waals surface area contributed by atoms with Crippen LogP contribution in [0.4, 0.5) is 5.69 Å². The summed E-state index contributed by atoms with van der Waals surface area (Å²) in [5.74, 6) is 0. The molecule has 3 N–H and O–H groups in total. The Kier molecular flexibility index (Phi) is 6.33. The molecule has 0 fully saturated rings. The van der Waals surface area contributed by atoms with Crippen LogP contribution in [0.2, 0.25) is 0 Å². The van der Waals surface area contributed by atoms with Crippen LogP contribution in [-0.2, 0) is 10.1 Å². The SMILES string of the molecule is Nc1cccc(C=Cc2ccccc2)c1S(=O)(=O)O.c1cnnnc1. The summed E-state index contributed by atoms with van der Waals surface area (Å²) in [6.45, 7) is 0. The van der Waals surface area contributed by atoms with E-state index in [4.69, 9.17) is 5.73 Å². The lowest BCUT2D eigenvalue weighted by molar-refractivity contribution is 0.483. The van der Waals surface area contributed by atoms with E-state index in [0.29, 0.717) is 5.56 Å². The number of nitrogens with zero attached hydrogens (tertiary/aromatic N) is 3. The highest BCUT2D eigenvalue weighted by Gasteiger charge is 2.17. The number of hydrogen-bond acceptors (Lipinski definition) is 6. The van der Waals surface area contributed by atoms with Crippen molar-refractivity contribution in [3.05, 3.63) is 78.1 Å². The lowest BCUT2D eigenvalue weighted by atomic mass is 10.1. The van der Waals surface area contributed by atoms with Crippen LogP contribution in [-0.4, -0.2) is 28.4 Å². The molecule has 128 valence electrons. The Balaban J connectivity index is 0.000000316. The van der Waals surface area contributed by atoms with Gasteiger partial charge in [0.15, 0.2) is 0 Å². The predicted octanol–water partition coefficient (Wildman–Crippen LogP) is 2.56. The van der Waals surface area contributed by atoms with Gasteiger partial charge in [0.05, 0.1) is 18.1 Å². The first-order valence-corrected chi connectivity index (χ1v) is 8.60. The van der Waals surface area contributed by atoms with E-state index in [1.165, 1.54) is 6.07 Å². The van der Waals surface area contributed by atoms with Crippen LogP contribution >= 0.6 is 0 Å². The predicted molar refractivity (Wildman–Crippen MR) is 95.9 cm³/mol. The molecule has 3 rings (SSSR count). The van der Waals surface area contributed by atoms with Crippen molar-refractivity contribution in [1.82, 2.24) is 15.4 Å². The Bertz CT molecular complexity index is 904. The number of nitrogen functional groups attached to an aromatic ring is 1. The maximum absolute atomic E-state index is 11.3. The molecule has 25 heavy (non-hydrogen) atoms. The second-order valence-corrected chi connectivity index (χ2v) is 6.15. The van der Waals surface area contributed by atoms with Gasteiger partial charge in [-0.1, -0.05) is 54.6 Å². The van der Waals surface area contributed by atoms with Gasteiger partial charge >= 0.3 is 0 Å². The lowest BCUT2D eigenvalue weighted by Gasteiger charge is -2.06. The van der Waals surface area contributed by atoms with Crippen LogP contribution in [0.3, 0.4) is 0 Å². The first-order valence-electron chi connectivity index (χ1n) is 7.16. The van der Waals surface area contributed by atoms with Gasteiger partial charge in [-0.3, -0.25) is 4.55 Å². The molecule has 1 aromatic heterocycles. The molecular weight excluding hydrogens is 340 g/mol. The Morgan fingerprint density at radius 2 is 1.56 bits per heavy atom. The van der Waals surface area contributed by atoms with Gasteiger partial charge in [0.25, 0.3) is 10.1 Å². The lowest BCUT2D eigenvalue weighted by Crippen LogP contribution is -2.05. The van der Waals surface area contributed by atoms with Gasteiger partial charge in [-0.2, -0.15) is 8.42 Å². The molecule has 2 aromatic carbocycles. The van der Waals surface area contributed by atoms with Gasteiger partial charge in [0.1, 0.15) is 4.90 Å². The summed E-state index contributed by atoms with van der Waals surface area (Å²) in [7, 11) is -4.34. The number of anilines is 1. The maximum atomic E-state index is 11.3. The molecule has 0 spiro atoms. The Morgan fingerprint density at radius 1 is 0.880 bits per heavy atom. The molecule has 8 heteroatoms. The number of hydrogen-bond donors (Lipinski definition) is 2. The third-order valence-corrected chi connectivity index (χ3v) is 3.98. The zero-order chi connectivity index (χ0) is 18.1. The number of rotatable bonds is 3.